The molecule has 0 saturated heterocycles. The van der Waals surface area contributed by atoms with E-state index in [4.69, 9.17) is 11.6 Å². The molecule has 1 heterocycles. The van der Waals surface area contributed by atoms with Gasteiger partial charge < -0.3 is 5.32 Å². The van der Waals surface area contributed by atoms with Crippen molar-refractivity contribution in [3.63, 3.8) is 0 Å². The summed E-state index contributed by atoms with van der Waals surface area (Å²) in [5.74, 6) is -0.505. The molecule has 1 N–H and O–H groups in total. The molecule has 0 aliphatic carbocycles. The molecule has 1 amide bonds. The summed E-state index contributed by atoms with van der Waals surface area (Å²) in [7, 11) is 0. The number of hydrogen-bond acceptors (Lipinski definition) is 5. The Hall–Kier alpha value is -3.26. The highest BCUT2D eigenvalue weighted by Gasteiger charge is 2.15. The van der Waals surface area contributed by atoms with Gasteiger partial charge >= 0.3 is 0 Å². The first kappa shape index (κ1) is 16.6. The summed E-state index contributed by atoms with van der Waals surface area (Å²) in [5.41, 5.74) is 0.582. The Kier molecular flexibility index (Phi) is 4.44. The summed E-state index contributed by atoms with van der Waals surface area (Å²) in [6.07, 6.45) is 1.14. The minimum absolute atomic E-state index is 0.0284. The van der Waals surface area contributed by atoms with Crippen LogP contribution in [0.25, 0.3) is 11.0 Å². The lowest BCUT2D eigenvalue weighted by atomic mass is 10.2. The van der Waals surface area contributed by atoms with Crippen molar-refractivity contribution in [2.24, 2.45) is 0 Å². The molecule has 0 spiro atoms. The molecule has 0 fully saturated rings. The average molecular weight is 359 g/mol. The molecule has 126 valence electrons. The lowest BCUT2D eigenvalue weighted by Gasteiger charge is -2.10. The minimum atomic E-state index is -0.640. The molecule has 3 aromatic rings. The summed E-state index contributed by atoms with van der Waals surface area (Å²) < 4.78 is 1.28. The Bertz CT molecular complexity index is 1050. The van der Waals surface area contributed by atoms with Gasteiger partial charge in [-0.1, -0.05) is 23.7 Å². The zero-order chi connectivity index (χ0) is 18.0. The van der Waals surface area contributed by atoms with E-state index in [0.717, 1.165) is 12.3 Å². The van der Waals surface area contributed by atoms with Crippen molar-refractivity contribution in [3.05, 3.63) is 74.2 Å². The number of benzene rings is 2. The number of carbonyl (C=O) groups excluding carboxylic acids is 1. The molecule has 1 aromatic heterocycles. The quantitative estimate of drug-likeness (QED) is 0.569. The number of hydrogen-bond donors (Lipinski definition) is 1. The highest BCUT2D eigenvalue weighted by atomic mass is 35.5. The molecule has 2 aromatic carbocycles. The average Bonchev–Trinajstić information content (AvgIpc) is 2.59. The predicted molar refractivity (Wildman–Crippen MR) is 92.7 cm³/mol. The van der Waals surface area contributed by atoms with Crippen molar-refractivity contribution in [1.82, 2.24) is 9.55 Å². The molecule has 0 aliphatic rings. The second-order valence-electron chi connectivity index (χ2n) is 5.14. The third-order valence-electron chi connectivity index (χ3n) is 3.48. The first-order valence-corrected chi connectivity index (χ1v) is 7.52. The van der Waals surface area contributed by atoms with Crippen molar-refractivity contribution < 1.29 is 9.72 Å². The fraction of sp³-hybridized carbons (Fsp3) is 0.0625. The number of anilines is 1. The molecule has 9 heteroatoms. The molecular formula is C16H11ClN4O4. The Morgan fingerprint density at radius 1 is 1.28 bits per heavy atom. The summed E-state index contributed by atoms with van der Waals surface area (Å²) in [4.78, 5) is 38.5. The number of carbonyl (C=O) groups is 1. The minimum Gasteiger partial charge on any atom is -0.324 e. The van der Waals surface area contributed by atoms with Gasteiger partial charge in [-0.15, -0.1) is 0 Å². The molecule has 8 nitrogen and oxygen atoms in total. The number of nitrogens with zero attached hydrogens (tertiary/aromatic N) is 3. The van der Waals surface area contributed by atoms with E-state index in [1.54, 1.807) is 24.3 Å². The second kappa shape index (κ2) is 6.70. The molecule has 25 heavy (non-hydrogen) atoms. The zero-order valence-electron chi connectivity index (χ0n) is 12.7. The number of nitrogens with one attached hydrogen (secondary N) is 1. The summed E-state index contributed by atoms with van der Waals surface area (Å²) in [6, 6.07) is 10.9. The maximum absolute atomic E-state index is 12.2. The Morgan fingerprint density at radius 3 is 2.80 bits per heavy atom. The summed E-state index contributed by atoms with van der Waals surface area (Å²) in [5, 5.41) is 13.4. The lowest BCUT2D eigenvalue weighted by Crippen LogP contribution is -2.28. The first-order chi connectivity index (χ1) is 12.0. The highest BCUT2D eigenvalue weighted by Crippen LogP contribution is 2.27. The number of para-hydroxylation sites is 2. The number of nitro benzene ring substituents is 1. The molecule has 0 aliphatic heterocycles. The van der Waals surface area contributed by atoms with Crippen molar-refractivity contribution >= 4 is 39.9 Å². The number of halogens is 1. The second-order valence-corrected chi connectivity index (χ2v) is 5.55. The van der Waals surface area contributed by atoms with Crippen LogP contribution in [0.5, 0.6) is 0 Å². The topological polar surface area (TPSA) is 107 Å². The van der Waals surface area contributed by atoms with E-state index in [2.05, 4.69) is 10.3 Å². The first-order valence-electron chi connectivity index (χ1n) is 7.14. The maximum atomic E-state index is 12.2. The zero-order valence-corrected chi connectivity index (χ0v) is 13.4. The van der Waals surface area contributed by atoms with Crippen molar-refractivity contribution in [2.75, 3.05) is 5.32 Å². The van der Waals surface area contributed by atoms with Gasteiger partial charge in [-0.25, -0.2) is 4.98 Å². The van der Waals surface area contributed by atoms with E-state index in [1.807, 2.05) is 0 Å². The number of amides is 1. The van der Waals surface area contributed by atoms with Crippen LogP contribution in [0.2, 0.25) is 5.02 Å². The van der Waals surface area contributed by atoms with Crippen LogP contribution in [-0.4, -0.2) is 20.4 Å². The highest BCUT2D eigenvalue weighted by molar-refractivity contribution is 6.32. The Labute approximate surface area is 145 Å². The molecule has 0 atom stereocenters. The van der Waals surface area contributed by atoms with E-state index in [0.29, 0.717) is 11.0 Å². The van der Waals surface area contributed by atoms with Gasteiger partial charge in [0, 0.05) is 11.8 Å². The number of rotatable bonds is 4. The fourth-order valence-corrected chi connectivity index (χ4v) is 2.54. The van der Waals surface area contributed by atoms with Crippen LogP contribution < -0.4 is 10.9 Å². The van der Waals surface area contributed by atoms with Crippen molar-refractivity contribution in [3.8, 4) is 0 Å². The summed E-state index contributed by atoms with van der Waals surface area (Å²) >= 11 is 5.74. The van der Waals surface area contributed by atoms with E-state index >= 15 is 0 Å². The van der Waals surface area contributed by atoms with Gasteiger partial charge in [-0.3, -0.25) is 24.3 Å². The normalized spacial score (nSPS) is 10.6. The van der Waals surface area contributed by atoms with Gasteiger partial charge in [-0.05, 0) is 24.3 Å². The van der Waals surface area contributed by atoms with E-state index in [1.165, 1.54) is 16.7 Å². The van der Waals surface area contributed by atoms with Gasteiger partial charge in [0.15, 0.2) is 0 Å². The van der Waals surface area contributed by atoms with Gasteiger partial charge in [0.05, 0.1) is 22.2 Å². The van der Waals surface area contributed by atoms with E-state index in [9.17, 15) is 19.7 Å². The van der Waals surface area contributed by atoms with Gasteiger partial charge in [0.25, 0.3) is 11.2 Å². The molecule has 0 radical (unpaired) electrons. The van der Waals surface area contributed by atoms with Gasteiger partial charge in [0.1, 0.15) is 11.6 Å². The van der Waals surface area contributed by atoms with Crippen molar-refractivity contribution in [1.29, 1.82) is 0 Å². The predicted octanol–water partition coefficient (Wildman–Crippen LogP) is 2.60. The van der Waals surface area contributed by atoms with Crippen LogP contribution in [0, 0.1) is 10.1 Å². The monoisotopic (exact) mass is 358 g/mol. The number of aromatic nitrogens is 2. The molecule has 0 unspecified atom stereocenters. The van der Waals surface area contributed by atoms with Crippen LogP contribution in [0.15, 0.2) is 53.5 Å². The largest absolute Gasteiger partial charge is 0.324 e. The van der Waals surface area contributed by atoms with Crippen molar-refractivity contribution in [2.45, 2.75) is 6.54 Å². The van der Waals surface area contributed by atoms with Crippen LogP contribution in [0.4, 0.5) is 11.4 Å². The maximum Gasteiger partial charge on any atom is 0.289 e. The van der Waals surface area contributed by atoms with Crippen LogP contribution in [0.3, 0.4) is 0 Å². The fourth-order valence-electron chi connectivity index (χ4n) is 2.35. The Balaban J connectivity index is 1.87. The van der Waals surface area contributed by atoms with Crippen LogP contribution >= 0.6 is 11.6 Å². The summed E-state index contributed by atoms with van der Waals surface area (Å²) in [6.45, 7) is -0.252. The number of nitro groups is 1. The standard InChI is InChI=1S/C16H11ClN4O4/c17-11-6-5-10(7-14(11)21(24)25)19-15(22)9-20-13-4-2-1-3-12(13)18-8-16(20)23/h1-8H,9H2,(H,19,22). The molecular weight excluding hydrogens is 348 g/mol. The van der Waals surface area contributed by atoms with Gasteiger partial charge in [0.2, 0.25) is 5.91 Å². The van der Waals surface area contributed by atoms with E-state index < -0.39 is 16.4 Å². The molecule has 0 saturated carbocycles. The lowest BCUT2D eigenvalue weighted by molar-refractivity contribution is -0.384. The third kappa shape index (κ3) is 3.48. The van der Waals surface area contributed by atoms with Crippen LogP contribution in [-0.2, 0) is 11.3 Å². The smallest absolute Gasteiger partial charge is 0.289 e. The molecule has 3 rings (SSSR count). The molecule has 0 bridgehead atoms. The van der Waals surface area contributed by atoms with Gasteiger partial charge in [-0.2, -0.15) is 0 Å². The van der Waals surface area contributed by atoms with E-state index in [-0.39, 0.29) is 22.9 Å². The Morgan fingerprint density at radius 2 is 2.04 bits per heavy atom. The van der Waals surface area contributed by atoms with Crippen LogP contribution in [0.1, 0.15) is 0 Å². The third-order valence-corrected chi connectivity index (χ3v) is 3.80. The SMILES string of the molecule is O=C(Cn1c(=O)cnc2ccccc21)Nc1ccc(Cl)c([N+](=O)[O-])c1. The number of fused-ring (bicyclic) bond motifs is 1.